The molecule has 0 aliphatic heterocycles. The molecule has 0 aliphatic rings. The molecule has 0 radical (unpaired) electrons. The first-order valence-corrected chi connectivity index (χ1v) is 5.27. The van der Waals surface area contributed by atoms with Crippen LogP contribution in [0.15, 0.2) is 29.2 Å². The third-order valence-corrected chi connectivity index (χ3v) is 3.16. The van der Waals surface area contributed by atoms with Crippen molar-refractivity contribution in [2.75, 3.05) is 5.75 Å². The number of benzene rings is 1. The lowest BCUT2D eigenvalue weighted by molar-refractivity contribution is -0.136. The molecule has 1 rings (SSSR count). The number of carboxylic acids is 1. The number of aliphatic carboxylic acids is 1. The van der Waals surface area contributed by atoms with E-state index >= 15 is 0 Å². The summed E-state index contributed by atoms with van der Waals surface area (Å²) in [5.41, 5.74) is 0. The van der Waals surface area contributed by atoms with Crippen LogP contribution in [0.3, 0.4) is 0 Å². The van der Waals surface area contributed by atoms with Crippen molar-refractivity contribution in [2.24, 2.45) is 0 Å². The zero-order valence-corrected chi connectivity index (χ0v) is 8.69. The Labute approximate surface area is 90.1 Å². The molecule has 0 amide bonds. The zero-order chi connectivity index (χ0) is 10.6. The number of alkyl halides is 1. The first-order chi connectivity index (χ1) is 6.61. The van der Waals surface area contributed by atoms with Crippen molar-refractivity contribution in [2.45, 2.75) is 10.3 Å². The number of rotatable bonds is 4. The van der Waals surface area contributed by atoms with Gasteiger partial charge in [0.2, 0.25) is 0 Å². The van der Waals surface area contributed by atoms with E-state index in [9.17, 15) is 9.18 Å². The molecule has 1 unspecified atom stereocenters. The number of thioether (sulfide) groups is 1. The molecule has 0 aromatic heterocycles. The largest absolute Gasteiger partial charge is 0.480 e. The van der Waals surface area contributed by atoms with Gasteiger partial charge in [0.25, 0.3) is 0 Å². The molecule has 0 aliphatic carbocycles. The molecule has 1 atom stereocenters. The average Bonchev–Trinajstić information content (AvgIpc) is 2.16. The molecule has 0 spiro atoms. The first-order valence-electron chi connectivity index (χ1n) is 3.85. The Balaban J connectivity index is 2.54. The summed E-state index contributed by atoms with van der Waals surface area (Å²) in [6.07, 6.45) is 0. The van der Waals surface area contributed by atoms with Crippen LogP contribution in [-0.2, 0) is 4.79 Å². The Hall–Kier alpha value is -0.740. The van der Waals surface area contributed by atoms with Crippen molar-refractivity contribution in [1.29, 1.82) is 0 Å². The van der Waals surface area contributed by atoms with Gasteiger partial charge in [-0.25, -0.2) is 4.39 Å². The predicted molar refractivity (Wildman–Crippen MR) is 54.4 cm³/mol. The quantitative estimate of drug-likeness (QED) is 0.643. The summed E-state index contributed by atoms with van der Waals surface area (Å²) < 4.78 is 13.0. The summed E-state index contributed by atoms with van der Waals surface area (Å²) in [4.78, 5) is 10.8. The minimum Gasteiger partial charge on any atom is -0.480 e. The van der Waals surface area contributed by atoms with Gasteiger partial charge in [-0.15, -0.1) is 23.4 Å². The van der Waals surface area contributed by atoms with Crippen molar-refractivity contribution in [1.82, 2.24) is 0 Å². The molecule has 0 bridgehead atoms. The van der Waals surface area contributed by atoms with Crippen molar-refractivity contribution >= 4 is 29.3 Å². The van der Waals surface area contributed by atoms with Gasteiger partial charge < -0.3 is 5.11 Å². The number of halogens is 2. The third-order valence-electron chi connectivity index (χ3n) is 1.49. The molecule has 0 heterocycles. The van der Waals surface area contributed by atoms with Gasteiger partial charge in [0, 0.05) is 10.6 Å². The number of carbonyl (C=O) groups is 1. The van der Waals surface area contributed by atoms with Gasteiger partial charge in [0.05, 0.1) is 0 Å². The highest BCUT2D eigenvalue weighted by Gasteiger charge is 2.14. The minimum absolute atomic E-state index is 0.151. The van der Waals surface area contributed by atoms with Crippen LogP contribution in [0.2, 0.25) is 0 Å². The van der Waals surface area contributed by atoms with Crippen LogP contribution in [0, 0.1) is 5.82 Å². The topological polar surface area (TPSA) is 37.3 Å². The second-order valence-electron chi connectivity index (χ2n) is 2.55. The maximum absolute atomic E-state index is 13.0. The van der Waals surface area contributed by atoms with E-state index < -0.39 is 11.3 Å². The van der Waals surface area contributed by atoms with Crippen LogP contribution in [0.1, 0.15) is 0 Å². The van der Waals surface area contributed by atoms with E-state index in [2.05, 4.69) is 0 Å². The maximum atomic E-state index is 13.0. The van der Waals surface area contributed by atoms with E-state index in [0.717, 1.165) is 11.8 Å². The number of carboxylic acid groups (broad SMARTS) is 1. The molecule has 1 aromatic rings. The third kappa shape index (κ3) is 3.20. The Kier molecular flexibility index (Phi) is 4.22. The Morgan fingerprint density at radius 1 is 1.57 bits per heavy atom. The van der Waals surface area contributed by atoms with Crippen LogP contribution in [0.4, 0.5) is 4.39 Å². The van der Waals surface area contributed by atoms with Crippen LogP contribution in [-0.4, -0.2) is 22.2 Å². The average molecular weight is 235 g/mol. The van der Waals surface area contributed by atoms with Crippen molar-refractivity contribution in [3.05, 3.63) is 30.1 Å². The second-order valence-corrected chi connectivity index (χ2v) is 4.14. The van der Waals surface area contributed by atoms with Gasteiger partial charge in [-0.2, -0.15) is 0 Å². The molecular weight excluding hydrogens is 227 g/mol. The molecule has 0 fully saturated rings. The highest BCUT2D eigenvalue weighted by molar-refractivity contribution is 7.99. The van der Waals surface area contributed by atoms with Gasteiger partial charge in [0.1, 0.15) is 11.2 Å². The van der Waals surface area contributed by atoms with Crippen LogP contribution in [0.25, 0.3) is 0 Å². The first kappa shape index (κ1) is 11.3. The lowest BCUT2D eigenvalue weighted by Gasteiger charge is -2.04. The summed E-state index contributed by atoms with van der Waals surface area (Å²) in [7, 11) is 0. The van der Waals surface area contributed by atoms with Gasteiger partial charge in [0.15, 0.2) is 0 Å². The second kappa shape index (κ2) is 5.22. The van der Waals surface area contributed by atoms with E-state index in [1.165, 1.54) is 6.07 Å². The molecule has 76 valence electrons. The van der Waals surface area contributed by atoms with Gasteiger partial charge in [-0.3, -0.25) is 4.79 Å². The molecule has 0 saturated heterocycles. The van der Waals surface area contributed by atoms with Crippen LogP contribution < -0.4 is 0 Å². The highest BCUT2D eigenvalue weighted by atomic mass is 35.5. The fourth-order valence-electron chi connectivity index (χ4n) is 0.796. The molecule has 14 heavy (non-hydrogen) atoms. The normalized spacial score (nSPS) is 12.4. The molecule has 1 aromatic carbocycles. The predicted octanol–water partition coefficient (Wildman–Crippen LogP) is 2.61. The van der Waals surface area contributed by atoms with E-state index in [1.54, 1.807) is 18.2 Å². The van der Waals surface area contributed by atoms with Gasteiger partial charge >= 0.3 is 5.97 Å². The standard InChI is InChI=1S/C9H8ClFO2S/c10-6(9(12)13)5-14-8-4-2-1-3-7(8)11/h1-4,6H,5H2,(H,12,13). The fourth-order valence-corrected chi connectivity index (χ4v) is 1.83. The van der Waals surface area contributed by atoms with E-state index in [0.29, 0.717) is 4.90 Å². The highest BCUT2D eigenvalue weighted by Crippen LogP contribution is 2.23. The summed E-state index contributed by atoms with van der Waals surface area (Å²) >= 11 is 6.57. The lowest BCUT2D eigenvalue weighted by atomic mass is 10.3. The van der Waals surface area contributed by atoms with Crippen LogP contribution >= 0.6 is 23.4 Å². The van der Waals surface area contributed by atoms with Crippen molar-refractivity contribution in [3.63, 3.8) is 0 Å². The Morgan fingerprint density at radius 2 is 2.21 bits per heavy atom. The fraction of sp³-hybridized carbons (Fsp3) is 0.222. The summed E-state index contributed by atoms with van der Waals surface area (Å²) in [5, 5.41) is 7.50. The summed E-state index contributed by atoms with van der Waals surface area (Å²) in [6, 6.07) is 6.18. The molecule has 2 nitrogen and oxygen atoms in total. The van der Waals surface area contributed by atoms with E-state index in [-0.39, 0.29) is 11.6 Å². The Morgan fingerprint density at radius 3 is 2.79 bits per heavy atom. The van der Waals surface area contributed by atoms with Gasteiger partial charge in [-0.05, 0) is 12.1 Å². The maximum Gasteiger partial charge on any atom is 0.322 e. The van der Waals surface area contributed by atoms with Crippen LogP contribution in [0.5, 0.6) is 0 Å². The van der Waals surface area contributed by atoms with Crippen molar-refractivity contribution < 1.29 is 14.3 Å². The summed E-state index contributed by atoms with van der Waals surface area (Å²) in [6.45, 7) is 0. The lowest BCUT2D eigenvalue weighted by Crippen LogP contribution is -2.15. The monoisotopic (exact) mass is 234 g/mol. The zero-order valence-electron chi connectivity index (χ0n) is 7.11. The molecule has 0 saturated carbocycles. The SMILES string of the molecule is O=C(O)C(Cl)CSc1ccccc1F. The Bertz CT molecular complexity index is 332. The number of hydrogen-bond donors (Lipinski definition) is 1. The minimum atomic E-state index is -1.09. The van der Waals surface area contributed by atoms with E-state index in [1.807, 2.05) is 0 Å². The molecule has 1 N–H and O–H groups in total. The number of hydrogen-bond acceptors (Lipinski definition) is 2. The summed E-state index contributed by atoms with van der Waals surface area (Å²) in [5.74, 6) is -1.29. The van der Waals surface area contributed by atoms with Gasteiger partial charge in [-0.1, -0.05) is 12.1 Å². The molecule has 5 heteroatoms. The van der Waals surface area contributed by atoms with E-state index in [4.69, 9.17) is 16.7 Å². The smallest absolute Gasteiger partial charge is 0.322 e. The van der Waals surface area contributed by atoms with Crippen molar-refractivity contribution in [3.8, 4) is 0 Å². The molecular formula is C9H8ClFO2S.